The quantitative estimate of drug-likeness (QED) is 0.623. The van der Waals surface area contributed by atoms with Gasteiger partial charge >= 0.3 is 0 Å². The first-order chi connectivity index (χ1) is 10.1. The maximum atomic E-state index is 10.9. The second kappa shape index (κ2) is 7.84. The molecule has 0 radical (unpaired) electrons. The highest BCUT2D eigenvalue weighted by Gasteiger charge is 2.20. The van der Waals surface area contributed by atoms with E-state index in [1.165, 1.54) is 0 Å². The molecule has 1 fully saturated rings. The Hall–Kier alpha value is -1.02. The molecule has 0 spiro atoms. The summed E-state index contributed by atoms with van der Waals surface area (Å²) in [5.41, 5.74) is 1.05. The fourth-order valence-corrected chi connectivity index (χ4v) is 2.90. The van der Waals surface area contributed by atoms with Crippen LogP contribution in [0.15, 0.2) is 22.7 Å². The van der Waals surface area contributed by atoms with Crippen molar-refractivity contribution in [3.8, 4) is 0 Å². The number of hydrogen-bond acceptors (Lipinski definition) is 5. The molecule has 0 aromatic heterocycles. The highest BCUT2D eigenvalue weighted by Crippen LogP contribution is 2.26. The topological polar surface area (TPSA) is 75.8 Å². The molecular formula is C14H19BrN2O4. The van der Waals surface area contributed by atoms with Gasteiger partial charge in [-0.05, 0) is 40.4 Å². The predicted molar refractivity (Wildman–Crippen MR) is 82.1 cm³/mol. The van der Waals surface area contributed by atoms with Crippen LogP contribution in [-0.4, -0.2) is 47.3 Å². The molecule has 0 saturated carbocycles. The van der Waals surface area contributed by atoms with Gasteiger partial charge in [0.25, 0.3) is 5.69 Å². The number of nitrogens with zero attached hydrogens (tertiary/aromatic N) is 2. The lowest BCUT2D eigenvalue weighted by Gasteiger charge is -2.31. The predicted octanol–water partition coefficient (Wildman–Crippen LogP) is 2.33. The lowest BCUT2D eigenvalue weighted by Crippen LogP contribution is -2.36. The van der Waals surface area contributed by atoms with Crippen molar-refractivity contribution < 1.29 is 14.8 Å². The SMILES string of the molecule is O=[N+]([O-])c1cc(CN2CCC(OCCO)CC2)ccc1Br. The summed E-state index contributed by atoms with van der Waals surface area (Å²) in [6.07, 6.45) is 2.07. The Morgan fingerprint density at radius 3 is 2.76 bits per heavy atom. The van der Waals surface area contributed by atoms with Gasteiger partial charge in [-0.25, -0.2) is 0 Å². The summed E-state index contributed by atoms with van der Waals surface area (Å²) >= 11 is 3.20. The molecule has 1 heterocycles. The van der Waals surface area contributed by atoms with Crippen LogP contribution in [0.25, 0.3) is 0 Å². The number of nitro benzene ring substituents is 1. The Labute approximate surface area is 132 Å². The van der Waals surface area contributed by atoms with E-state index in [4.69, 9.17) is 9.84 Å². The first-order valence-corrected chi connectivity index (χ1v) is 7.77. The minimum absolute atomic E-state index is 0.0583. The Kier molecular flexibility index (Phi) is 6.10. The summed E-state index contributed by atoms with van der Waals surface area (Å²) in [7, 11) is 0. The van der Waals surface area contributed by atoms with Crippen LogP contribution < -0.4 is 0 Å². The third-order valence-corrected chi connectivity index (χ3v) is 4.26. The van der Waals surface area contributed by atoms with E-state index in [-0.39, 0.29) is 23.3 Å². The molecule has 1 saturated heterocycles. The van der Waals surface area contributed by atoms with Gasteiger partial charge in [0.1, 0.15) is 0 Å². The molecule has 6 nitrogen and oxygen atoms in total. The van der Waals surface area contributed by atoms with Gasteiger partial charge in [0, 0.05) is 25.7 Å². The zero-order valence-electron chi connectivity index (χ0n) is 11.7. The average molecular weight is 359 g/mol. The molecule has 0 bridgehead atoms. The van der Waals surface area contributed by atoms with Crippen molar-refractivity contribution in [2.75, 3.05) is 26.3 Å². The first-order valence-electron chi connectivity index (χ1n) is 6.98. The fraction of sp³-hybridized carbons (Fsp3) is 0.571. The molecule has 0 atom stereocenters. The third kappa shape index (κ3) is 4.74. The number of piperidine rings is 1. The van der Waals surface area contributed by atoms with Gasteiger partial charge in [-0.1, -0.05) is 6.07 Å². The molecular weight excluding hydrogens is 340 g/mol. The van der Waals surface area contributed by atoms with Crippen molar-refractivity contribution in [2.45, 2.75) is 25.5 Å². The normalized spacial score (nSPS) is 17.0. The number of halogens is 1. The number of ether oxygens (including phenoxy) is 1. The van der Waals surface area contributed by atoms with Crippen LogP contribution in [0.1, 0.15) is 18.4 Å². The Morgan fingerprint density at radius 1 is 1.43 bits per heavy atom. The maximum absolute atomic E-state index is 10.9. The molecule has 116 valence electrons. The van der Waals surface area contributed by atoms with E-state index < -0.39 is 0 Å². The first kappa shape index (κ1) is 16.4. The number of rotatable bonds is 6. The summed E-state index contributed by atoms with van der Waals surface area (Å²) in [4.78, 5) is 12.8. The van der Waals surface area contributed by atoms with E-state index in [9.17, 15) is 10.1 Å². The molecule has 0 aliphatic carbocycles. The van der Waals surface area contributed by atoms with Gasteiger partial charge in [0.15, 0.2) is 0 Å². The van der Waals surface area contributed by atoms with E-state index in [0.717, 1.165) is 31.5 Å². The summed E-state index contributed by atoms with van der Waals surface area (Å²) in [6, 6.07) is 5.26. The Morgan fingerprint density at radius 2 is 2.14 bits per heavy atom. The van der Waals surface area contributed by atoms with Crippen LogP contribution in [0, 0.1) is 10.1 Å². The van der Waals surface area contributed by atoms with Crippen molar-refractivity contribution >= 4 is 21.6 Å². The lowest BCUT2D eigenvalue weighted by atomic mass is 10.1. The van der Waals surface area contributed by atoms with Gasteiger partial charge in [-0.2, -0.15) is 0 Å². The summed E-state index contributed by atoms with van der Waals surface area (Å²) < 4.78 is 6.03. The molecule has 2 rings (SSSR count). The third-order valence-electron chi connectivity index (χ3n) is 3.59. The van der Waals surface area contributed by atoms with Crippen molar-refractivity contribution in [1.82, 2.24) is 4.90 Å². The standard InChI is InChI=1S/C14H19BrN2O4/c15-13-2-1-11(9-14(13)17(19)20)10-16-5-3-12(4-6-16)21-8-7-18/h1-2,9,12,18H,3-8,10H2. The van der Waals surface area contributed by atoms with Crippen molar-refractivity contribution in [3.05, 3.63) is 38.3 Å². The highest BCUT2D eigenvalue weighted by molar-refractivity contribution is 9.10. The Balaban J connectivity index is 1.89. The van der Waals surface area contributed by atoms with E-state index in [0.29, 0.717) is 17.6 Å². The summed E-state index contributed by atoms with van der Waals surface area (Å²) in [6.45, 7) is 2.97. The highest BCUT2D eigenvalue weighted by atomic mass is 79.9. The second-order valence-corrected chi connectivity index (χ2v) is 5.97. The molecule has 1 N–H and O–H groups in total. The maximum Gasteiger partial charge on any atom is 0.283 e. The number of likely N-dealkylation sites (tertiary alicyclic amines) is 1. The average Bonchev–Trinajstić information content (AvgIpc) is 2.48. The summed E-state index contributed by atoms with van der Waals surface area (Å²) in [5, 5.41) is 19.7. The van der Waals surface area contributed by atoms with Crippen LogP contribution in [0.3, 0.4) is 0 Å². The van der Waals surface area contributed by atoms with E-state index >= 15 is 0 Å². The van der Waals surface area contributed by atoms with Gasteiger partial charge in [-0.3, -0.25) is 15.0 Å². The number of aliphatic hydroxyl groups excluding tert-OH is 1. The van der Waals surface area contributed by atoms with Crippen LogP contribution in [0.2, 0.25) is 0 Å². The molecule has 1 aromatic carbocycles. The van der Waals surface area contributed by atoms with Gasteiger partial charge in [0.05, 0.1) is 28.7 Å². The minimum Gasteiger partial charge on any atom is -0.394 e. The van der Waals surface area contributed by atoms with Crippen LogP contribution in [0.4, 0.5) is 5.69 Å². The number of benzene rings is 1. The van der Waals surface area contributed by atoms with E-state index in [1.807, 2.05) is 6.07 Å². The molecule has 1 aliphatic heterocycles. The number of nitro groups is 1. The molecule has 1 aliphatic rings. The van der Waals surface area contributed by atoms with Crippen LogP contribution in [-0.2, 0) is 11.3 Å². The van der Waals surface area contributed by atoms with Gasteiger partial charge in [-0.15, -0.1) is 0 Å². The van der Waals surface area contributed by atoms with Crippen LogP contribution >= 0.6 is 15.9 Å². The fourth-order valence-electron chi connectivity index (χ4n) is 2.51. The lowest BCUT2D eigenvalue weighted by molar-refractivity contribution is -0.385. The zero-order chi connectivity index (χ0) is 15.2. The van der Waals surface area contributed by atoms with Gasteiger partial charge < -0.3 is 9.84 Å². The van der Waals surface area contributed by atoms with Crippen molar-refractivity contribution in [1.29, 1.82) is 0 Å². The molecule has 21 heavy (non-hydrogen) atoms. The molecule has 0 amide bonds. The van der Waals surface area contributed by atoms with Crippen molar-refractivity contribution in [2.24, 2.45) is 0 Å². The largest absolute Gasteiger partial charge is 0.394 e. The van der Waals surface area contributed by atoms with Crippen molar-refractivity contribution in [3.63, 3.8) is 0 Å². The molecule has 0 unspecified atom stereocenters. The zero-order valence-corrected chi connectivity index (χ0v) is 13.3. The summed E-state index contributed by atoms with van der Waals surface area (Å²) in [5.74, 6) is 0. The van der Waals surface area contributed by atoms with Gasteiger partial charge in [0.2, 0.25) is 0 Å². The number of aliphatic hydroxyl groups is 1. The second-order valence-electron chi connectivity index (χ2n) is 5.11. The Bertz CT molecular complexity index is 490. The molecule has 7 heteroatoms. The minimum atomic E-state index is -0.372. The number of hydrogen-bond donors (Lipinski definition) is 1. The van der Waals surface area contributed by atoms with E-state index in [1.54, 1.807) is 12.1 Å². The van der Waals surface area contributed by atoms with Crippen LogP contribution in [0.5, 0.6) is 0 Å². The smallest absolute Gasteiger partial charge is 0.283 e. The van der Waals surface area contributed by atoms with E-state index in [2.05, 4.69) is 20.8 Å². The molecule has 1 aromatic rings. The monoisotopic (exact) mass is 358 g/mol.